The van der Waals surface area contributed by atoms with Crippen molar-refractivity contribution < 1.29 is 9.47 Å². The Morgan fingerprint density at radius 3 is 2.36 bits per heavy atom. The summed E-state index contributed by atoms with van der Waals surface area (Å²) in [4.78, 5) is 2.47. The summed E-state index contributed by atoms with van der Waals surface area (Å²) in [5, 5.41) is 0. The number of likely N-dealkylation sites (N-methyl/N-ethyl adjacent to an activating group) is 1. The largest absolute Gasteiger partial charge is 0.497 e. The summed E-state index contributed by atoms with van der Waals surface area (Å²) < 4.78 is 10.6. The van der Waals surface area contributed by atoms with Crippen LogP contribution < -0.4 is 9.47 Å². The lowest BCUT2D eigenvalue weighted by Crippen LogP contribution is -2.34. The normalized spacial score (nSPS) is 12.5. The Labute approximate surface area is 151 Å². The monoisotopic (exact) mass is 339 g/mol. The molecular formula is C22H29NO2. The number of benzene rings is 2. The highest BCUT2D eigenvalue weighted by Gasteiger charge is 2.11. The van der Waals surface area contributed by atoms with E-state index in [-0.39, 0.29) is 0 Å². The summed E-state index contributed by atoms with van der Waals surface area (Å²) >= 11 is 0. The first-order valence-electron chi connectivity index (χ1n) is 8.84. The van der Waals surface area contributed by atoms with Crippen molar-refractivity contribution in [3.63, 3.8) is 0 Å². The van der Waals surface area contributed by atoms with Crippen LogP contribution in [0.3, 0.4) is 0 Å². The average Bonchev–Trinajstić information content (AvgIpc) is 2.66. The summed E-state index contributed by atoms with van der Waals surface area (Å²) in [5.74, 6) is 1.82. The molecular weight excluding hydrogens is 310 g/mol. The fourth-order valence-electron chi connectivity index (χ4n) is 2.97. The first kappa shape index (κ1) is 19.1. The summed E-state index contributed by atoms with van der Waals surface area (Å²) in [6.07, 6.45) is 5.38. The Bertz CT molecular complexity index is 664. The van der Waals surface area contributed by atoms with Gasteiger partial charge >= 0.3 is 0 Å². The molecule has 3 heteroatoms. The number of methoxy groups -OCH3 is 2. The predicted molar refractivity (Wildman–Crippen MR) is 105 cm³/mol. The minimum atomic E-state index is 0.473. The van der Waals surface area contributed by atoms with E-state index < -0.39 is 0 Å². The Morgan fingerprint density at radius 1 is 1.00 bits per heavy atom. The van der Waals surface area contributed by atoms with Gasteiger partial charge < -0.3 is 9.47 Å². The SMILES string of the molecule is CCN(C/C=C/c1ccccc1OC)C(C)Cc1ccc(OC)cc1. The average molecular weight is 339 g/mol. The number of rotatable bonds is 9. The highest BCUT2D eigenvalue weighted by atomic mass is 16.5. The van der Waals surface area contributed by atoms with Gasteiger partial charge in [0.05, 0.1) is 14.2 Å². The van der Waals surface area contributed by atoms with Crippen LogP contribution in [0.2, 0.25) is 0 Å². The van der Waals surface area contributed by atoms with Crippen LogP contribution in [0, 0.1) is 0 Å². The minimum absolute atomic E-state index is 0.473. The van der Waals surface area contributed by atoms with Crippen molar-refractivity contribution in [3.05, 3.63) is 65.7 Å². The quantitative estimate of drug-likeness (QED) is 0.663. The third-order valence-corrected chi connectivity index (χ3v) is 4.50. The van der Waals surface area contributed by atoms with E-state index >= 15 is 0 Å². The van der Waals surface area contributed by atoms with Crippen LogP contribution >= 0.6 is 0 Å². The van der Waals surface area contributed by atoms with E-state index in [1.54, 1.807) is 14.2 Å². The first-order valence-corrected chi connectivity index (χ1v) is 8.84. The van der Waals surface area contributed by atoms with Crippen LogP contribution in [0.1, 0.15) is 25.0 Å². The third kappa shape index (κ3) is 5.64. The zero-order valence-electron chi connectivity index (χ0n) is 15.7. The molecule has 0 saturated heterocycles. The molecule has 0 amide bonds. The molecule has 134 valence electrons. The Balaban J connectivity index is 1.95. The summed E-state index contributed by atoms with van der Waals surface area (Å²) in [6.45, 7) is 6.44. The second kappa shape index (κ2) is 9.90. The fraction of sp³-hybridized carbons (Fsp3) is 0.364. The molecule has 0 radical (unpaired) electrons. The predicted octanol–water partition coefficient (Wildman–Crippen LogP) is 4.67. The first-order chi connectivity index (χ1) is 12.2. The molecule has 25 heavy (non-hydrogen) atoms. The molecule has 2 aromatic rings. The molecule has 0 N–H and O–H groups in total. The van der Waals surface area contributed by atoms with Gasteiger partial charge in [-0.15, -0.1) is 0 Å². The van der Waals surface area contributed by atoms with E-state index in [4.69, 9.17) is 9.47 Å². The summed E-state index contributed by atoms with van der Waals surface area (Å²) in [5.41, 5.74) is 2.45. The topological polar surface area (TPSA) is 21.7 Å². The van der Waals surface area contributed by atoms with Crippen molar-refractivity contribution in [2.75, 3.05) is 27.3 Å². The van der Waals surface area contributed by atoms with Gasteiger partial charge in [0.25, 0.3) is 0 Å². The van der Waals surface area contributed by atoms with E-state index in [1.165, 1.54) is 5.56 Å². The highest BCUT2D eigenvalue weighted by molar-refractivity contribution is 5.57. The lowest BCUT2D eigenvalue weighted by atomic mass is 10.1. The van der Waals surface area contributed by atoms with E-state index in [0.29, 0.717) is 6.04 Å². The molecule has 0 aliphatic heterocycles. The Morgan fingerprint density at radius 2 is 1.72 bits per heavy atom. The van der Waals surface area contributed by atoms with E-state index in [9.17, 15) is 0 Å². The van der Waals surface area contributed by atoms with Crippen molar-refractivity contribution in [1.29, 1.82) is 0 Å². The zero-order valence-corrected chi connectivity index (χ0v) is 15.7. The van der Waals surface area contributed by atoms with E-state index in [0.717, 1.165) is 36.6 Å². The molecule has 0 aliphatic carbocycles. The van der Waals surface area contributed by atoms with Crippen molar-refractivity contribution in [3.8, 4) is 11.5 Å². The summed E-state index contributed by atoms with van der Waals surface area (Å²) in [7, 11) is 3.41. The second-order valence-electron chi connectivity index (χ2n) is 6.13. The smallest absolute Gasteiger partial charge is 0.126 e. The Kier molecular flexibility index (Phi) is 7.55. The lowest BCUT2D eigenvalue weighted by molar-refractivity contribution is 0.242. The zero-order chi connectivity index (χ0) is 18.1. The van der Waals surface area contributed by atoms with Crippen molar-refractivity contribution in [2.24, 2.45) is 0 Å². The van der Waals surface area contributed by atoms with Gasteiger partial charge in [0.1, 0.15) is 11.5 Å². The number of nitrogens with zero attached hydrogens (tertiary/aromatic N) is 1. The molecule has 2 rings (SSSR count). The molecule has 0 heterocycles. The number of hydrogen-bond acceptors (Lipinski definition) is 3. The summed E-state index contributed by atoms with van der Waals surface area (Å²) in [6, 6.07) is 16.9. The highest BCUT2D eigenvalue weighted by Crippen LogP contribution is 2.19. The molecule has 0 saturated carbocycles. The van der Waals surface area contributed by atoms with Gasteiger partial charge in [-0.2, -0.15) is 0 Å². The van der Waals surface area contributed by atoms with Crippen molar-refractivity contribution >= 4 is 6.08 Å². The van der Waals surface area contributed by atoms with Gasteiger partial charge in [-0.3, -0.25) is 4.90 Å². The van der Waals surface area contributed by atoms with Crippen LogP contribution in [0.15, 0.2) is 54.6 Å². The maximum absolute atomic E-state index is 5.40. The molecule has 1 atom stereocenters. The van der Waals surface area contributed by atoms with E-state index in [2.05, 4.69) is 49.1 Å². The molecule has 2 aromatic carbocycles. The van der Waals surface area contributed by atoms with Gasteiger partial charge in [0, 0.05) is 18.2 Å². The van der Waals surface area contributed by atoms with Gasteiger partial charge in [-0.1, -0.05) is 49.4 Å². The molecule has 0 aromatic heterocycles. The van der Waals surface area contributed by atoms with Crippen LogP contribution in [0.4, 0.5) is 0 Å². The molecule has 0 spiro atoms. The van der Waals surface area contributed by atoms with Gasteiger partial charge in [-0.05, 0) is 43.7 Å². The lowest BCUT2D eigenvalue weighted by Gasteiger charge is -2.26. The van der Waals surface area contributed by atoms with Crippen LogP contribution in [0.25, 0.3) is 6.08 Å². The molecule has 1 unspecified atom stereocenters. The third-order valence-electron chi connectivity index (χ3n) is 4.50. The number of hydrogen-bond donors (Lipinski definition) is 0. The van der Waals surface area contributed by atoms with Crippen LogP contribution in [-0.2, 0) is 6.42 Å². The minimum Gasteiger partial charge on any atom is -0.497 e. The van der Waals surface area contributed by atoms with Gasteiger partial charge in [-0.25, -0.2) is 0 Å². The van der Waals surface area contributed by atoms with E-state index in [1.807, 2.05) is 30.3 Å². The van der Waals surface area contributed by atoms with Crippen LogP contribution in [0.5, 0.6) is 11.5 Å². The fourth-order valence-corrected chi connectivity index (χ4v) is 2.97. The second-order valence-corrected chi connectivity index (χ2v) is 6.13. The number of ether oxygens (including phenoxy) is 2. The molecule has 0 fully saturated rings. The Hall–Kier alpha value is -2.26. The molecule has 3 nitrogen and oxygen atoms in total. The van der Waals surface area contributed by atoms with Crippen molar-refractivity contribution in [1.82, 2.24) is 4.90 Å². The van der Waals surface area contributed by atoms with Gasteiger partial charge in [0.15, 0.2) is 0 Å². The maximum atomic E-state index is 5.40. The maximum Gasteiger partial charge on any atom is 0.126 e. The number of para-hydroxylation sites is 1. The molecule has 0 aliphatic rings. The van der Waals surface area contributed by atoms with Gasteiger partial charge in [0.2, 0.25) is 0 Å². The van der Waals surface area contributed by atoms with Crippen molar-refractivity contribution in [2.45, 2.75) is 26.3 Å². The standard InChI is InChI=1S/C22H29NO2/c1-5-23(16-8-10-20-9-6-7-11-22(20)25-4)18(2)17-19-12-14-21(24-3)15-13-19/h6-15,18H,5,16-17H2,1-4H3/b10-8+. The van der Waals surface area contributed by atoms with Crippen LogP contribution in [-0.4, -0.2) is 38.3 Å². The molecule has 0 bridgehead atoms.